The average Bonchev–Trinajstić information content (AvgIpc) is 2.60. The lowest BCUT2D eigenvalue weighted by molar-refractivity contribution is -0.141. The summed E-state index contributed by atoms with van der Waals surface area (Å²) in [4.78, 5) is 12.1. The number of phenolic OH excluding ortho intramolecular Hbond substituents is 1. The number of alkyl halides is 3. The van der Waals surface area contributed by atoms with E-state index in [-0.39, 0.29) is 17.5 Å². The number of rotatable bonds is 5. The molecule has 0 bridgehead atoms. The second-order valence-electron chi connectivity index (χ2n) is 6.36. The molecule has 0 saturated carbocycles. The van der Waals surface area contributed by atoms with E-state index in [0.717, 1.165) is 12.3 Å². The molecule has 0 unspecified atom stereocenters. The number of nitrogens with zero attached hydrogens (tertiary/aromatic N) is 3. The first-order chi connectivity index (χ1) is 13.2. The van der Waals surface area contributed by atoms with Crippen LogP contribution in [0, 0.1) is 0 Å². The van der Waals surface area contributed by atoms with Gasteiger partial charge in [-0.3, -0.25) is 4.98 Å². The highest BCUT2D eigenvalue weighted by Crippen LogP contribution is 2.30. The zero-order valence-corrected chi connectivity index (χ0v) is 15.1. The van der Waals surface area contributed by atoms with Gasteiger partial charge in [0.1, 0.15) is 23.1 Å². The van der Waals surface area contributed by atoms with Gasteiger partial charge >= 0.3 is 6.18 Å². The minimum Gasteiger partial charge on any atom is -0.508 e. The second kappa shape index (κ2) is 7.71. The summed E-state index contributed by atoms with van der Waals surface area (Å²) in [7, 11) is 0. The zero-order chi connectivity index (χ0) is 20.3. The molecule has 0 amide bonds. The van der Waals surface area contributed by atoms with Crippen LogP contribution in [0.3, 0.4) is 0 Å². The number of phenols is 1. The molecule has 0 atom stereocenters. The van der Waals surface area contributed by atoms with Crippen LogP contribution in [-0.4, -0.2) is 26.1 Å². The Kier molecular flexibility index (Phi) is 5.34. The lowest BCUT2D eigenvalue weighted by atomic mass is 10.2. The van der Waals surface area contributed by atoms with Gasteiger partial charge in [-0.25, -0.2) is 9.97 Å². The van der Waals surface area contributed by atoms with Gasteiger partial charge in [0.2, 0.25) is 0 Å². The molecule has 28 heavy (non-hydrogen) atoms. The maximum absolute atomic E-state index is 12.9. The fraction of sp³-hybridized carbons (Fsp3) is 0.211. The van der Waals surface area contributed by atoms with E-state index in [0.29, 0.717) is 23.0 Å². The standard InChI is InChI=1S/C19H18F3N5O/c1-11(2)24-16-10-17(25-13-6-7-23-15(9-13)19(20,21)22)27-18(26-16)12-4-3-5-14(28)8-12/h3-11,28H,1-2H3,(H2,23,24,25,26,27). The van der Waals surface area contributed by atoms with Crippen LogP contribution in [0.5, 0.6) is 5.75 Å². The number of aromatic hydroxyl groups is 1. The normalized spacial score (nSPS) is 11.5. The van der Waals surface area contributed by atoms with Crippen LogP contribution in [0.25, 0.3) is 11.4 Å². The molecule has 9 heteroatoms. The van der Waals surface area contributed by atoms with Gasteiger partial charge in [0.15, 0.2) is 5.82 Å². The van der Waals surface area contributed by atoms with Crippen molar-refractivity contribution in [1.29, 1.82) is 0 Å². The molecule has 1 aromatic carbocycles. The van der Waals surface area contributed by atoms with E-state index < -0.39 is 11.9 Å². The van der Waals surface area contributed by atoms with E-state index >= 15 is 0 Å². The predicted molar refractivity (Wildman–Crippen MR) is 100 cm³/mol. The molecule has 6 nitrogen and oxygen atoms in total. The Balaban J connectivity index is 1.99. The molecule has 0 aliphatic rings. The number of benzene rings is 1. The van der Waals surface area contributed by atoms with E-state index in [2.05, 4.69) is 25.6 Å². The van der Waals surface area contributed by atoms with Crippen LogP contribution >= 0.6 is 0 Å². The Morgan fingerprint density at radius 1 is 1.00 bits per heavy atom. The van der Waals surface area contributed by atoms with Crippen LogP contribution in [0.15, 0.2) is 48.7 Å². The minimum absolute atomic E-state index is 0.0572. The highest BCUT2D eigenvalue weighted by atomic mass is 19.4. The molecule has 0 spiro atoms. The van der Waals surface area contributed by atoms with Gasteiger partial charge in [-0.2, -0.15) is 13.2 Å². The van der Waals surface area contributed by atoms with Gasteiger partial charge in [-0.1, -0.05) is 12.1 Å². The quantitative estimate of drug-likeness (QED) is 0.580. The van der Waals surface area contributed by atoms with Crippen LogP contribution in [0.2, 0.25) is 0 Å². The van der Waals surface area contributed by atoms with Gasteiger partial charge in [0.05, 0.1) is 0 Å². The SMILES string of the molecule is CC(C)Nc1cc(Nc2ccnc(C(F)(F)F)c2)nc(-c2cccc(O)c2)n1. The van der Waals surface area contributed by atoms with Crippen molar-refractivity contribution in [1.82, 2.24) is 15.0 Å². The Bertz CT molecular complexity index is 976. The molecule has 0 aliphatic heterocycles. The summed E-state index contributed by atoms with van der Waals surface area (Å²) in [5.74, 6) is 1.17. The minimum atomic E-state index is -4.54. The van der Waals surface area contributed by atoms with Gasteiger partial charge < -0.3 is 15.7 Å². The third-order valence-corrected chi connectivity index (χ3v) is 3.59. The van der Waals surface area contributed by atoms with Gasteiger partial charge in [0, 0.05) is 29.6 Å². The number of halogens is 3. The Morgan fingerprint density at radius 2 is 1.75 bits per heavy atom. The van der Waals surface area contributed by atoms with Crippen molar-refractivity contribution in [2.45, 2.75) is 26.1 Å². The third-order valence-electron chi connectivity index (χ3n) is 3.59. The monoisotopic (exact) mass is 389 g/mol. The number of aromatic nitrogens is 3. The van der Waals surface area contributed by atoms with Crippen LogP contribution in [0.1, 0.15) is 19.5 Å². The molecule has 0 saturated heterocycles. The number of pyridine rings is 1. The van der Waals surface area contributed by atoms with Crippen molar-refractivity contribution >= 4 is 17.3 Å². The molecule has 3 aromatic rings. The maximum atomic E-state index is 12.9. The molecule has 3 N–H and O–H groups in total. The van der Waals surface area contributed by atoms with E-state index in [1.807, 2.05) is 13.8 Å². The van der Waals surface area contributed by atoms with E-state index in [1.54, 1.807) is 18.2 Å². The lowest BCUT2D eigenvalue weighted by Crippen LogP contribution is -2.12. The number of hydrogen-bond acceptors (Lipinski definition) is 6. The summed E-state index contributed by atoms with van der Waals surface area (Å²) in [6, 6.07) is 10.4. The van der Waals surface area contributed by atoms with Crippen molar-refractivity contribution in [2.75, 3.05) is 10.6 Å². The molecule has 2 heterocycles. The smallest absolute Gasteiger partial charge is 0.433 e. The largest absolute Gasteiger partial charge is 0.508 e. The molecular weight excluding hydrogens is 371 g/mol. The van der Waals surface area contributed by atoms with Crippen LogP contribution in [-0.2, 0) is 6.18 Å². The highest BCUT2D eigenvalue weighted by Gasteiger charge is 2.32. The molecular formula is C19H18F3N5O. The molecule has 2 aromatic heterocycles. The number of anilines is 3. The van der Waals surface area contributed by atoms with E-state index in [4.69, 9.17) is 0 Å². The summed E-state index contributed by atoms with van der Waals surface area (Å²) in [5.41, 5.74) is -0.236. The summed E-state index contributed by atoms with van der Waals surface area (Å²) in [5, 5.41) is 15.7. The van der Waals surface area contributed by atoms with Crippen molar-refractivity contribution in [2.24, 2.45) is 0 Å². The van der Waals surface area contributed by atoms with Crippen LogP contribution < -0.4 is 10.6 Å². The maximum Gasteiger partial charge on any atom is 0.433 e. The van der Waals surface area contributed by atoms with Crippen LogP contribution in [0.4, 0.5) is 30.5 Å². The molecule has 0 aliphatic carbocycles. The van der Waals surface area contributed by atoms with Crippen molar-refractivity contribution in [3.63, 3.8) is 0 Å². The van der Waals surface area contributed by atoms with Crippen molar-refractivity contribution < 1.29 is 18.3 Å². The average molecular weight is 389 g/mol. The first kappa shape index (κ1) is 19.4. The Morgan fingerprint density at radius 3 is 2.43 bits per heavy atom. The summed E-state index contributed by atoms with van der Waals surface area (Å²) in [6.45, 7) is 3.86. The predicted octanol–water partition coefficient (Wildman–Crippen LogP) is 4.83. The molecule has 0 fully saturated rings. The molecule has 0 radical (unpaired) electrons. The summed E-state index contributed by atoms with van der Waals surface area (Å²) < 4.78 is 38.7. The topological polar surface area (TPSA) is 83.0 Å². The van der Waals surface area contributed by atoms with Gasteiger partial charge in [0.25, 0.3) is 0 Å². The summed E-state index contributed by atoms with van der Waals surface area (Å²) in [6.07, 6.45) is -3.46. The fourth-order valence-electron chi connectivity index (χ4n) is 2.47. The fourth-order valence-corrected chi connectivity index (χ4v) is 2.47. The zero-order valence-electron chi connectivity index (χ0n) is 15.1. The Hall–Kier alpha value is -3.36. The third kappa shape index (κ3) is 4.87. The highest BCUT2D eigenvalue weighted by molar-refractivity contribution is 5.66. The number of hydrogen-bond donors (Lipinski definition) is 3. The van der Waals surface area contributed by atoms with Gasteiger partial charge in [-0.05, 0) is 38.1 Å². The molecule has 3 rings (SSSR count). The lowest BCUT2D eigenvalue weighted by Gasteiger charge is -2.14. The molecule has 146 valence electrons. The first-order valence-corrected chi connectivity index (χ1v) is 8.46. The van der Waals surface area contributed by atoms with E-state index in [1.165, 1.54) is 18.2 Å². The van der Waals surface area contributed by atoms with Crippen molar-refractivity contribution in [3.8, 4) is 17.1 Å². The second-order valence-corrected chi connectivity index (χ2v) is 6.36. The first-order valence-electron chi connectivity index (χ1n) is 8.46. The number of nitrogens with one attached hydrogen (secondary N) is 2. The summed E-state index contributed by atoms with van der Waals surface area (Å²) >= 11 is 0. The van der Waals surface area contributed by atoms with Gasteiger partial charge in [-0.15, -0.1) is 0 Å². The Labute approximate surface area is 159 Å². The van der Waals surface area contributed by atoms with Crippen molar-refractivity contribution in [3.05, 3.63) is 54.4 Å². The van der Waals surface area contributed by atoms with E-state index in [9.17, 15) is 18.3 Å².